The van der Waals surface area contributed by atoms with E-state index in [0.29, 0.717) is 0 Å². The van der Waals surface area contributed by atoms with E-state index in [-0.39, 0.29) is 16.5 Å². The lowest BCUT2D eigenvalue weighted by Crippen LogP contribution is -2.23. The van der Waals surface area contributed by atoms with Crippen LogP contribution < -0.4 is 4.72 Å². The van der Waals surface area contributed by atoms with Crippen molar-refractivity contribution in [2.75, 3.05) is 14.1 Å². The van der Waals surface area contributed by atoms with Crippen molar-refractivity contribution in [2.24, 2.45) is 0 Å². The average Bonchev–Trinajstić information content (AvgIpc) is 2.49. The first-order chi connectivity index (χ1) is 10.8. The number of nitrogens with one attached hydrogen (secondary N) is 1. The van der Waals surface area contributed by atoms with Gasteiger partial charge in [-0.1, -0.05) is 35.9 Å². The zero-order valence-corrected chi connectivity index (χ0v) is 14.5. The molecule has 0 heterocycles. The molecule has 4 nitrogen and oxygen atoms in total. The normalized spacial score (nSPS) is 11.9. The van der Waals surface area contributed by atoms with E-state index >= 15 is 0 Å². The molecule has 0 aliphatic heterocycles. The summed E-state index contributed by atoms with van der Waals surface area (Å²) in [6, 6.07) is 11.0. The molecule has 1 N–H and O–H groups in total. The molecule has 2 rings (SSSR count). The molecule has 124 valence electrons. The second-order valence-electron chi connectivity index (χ2n) is 5.45. The standard InChI is InChI=1S/C16H18ClFN2O2S/c1-20(2)11-13-5-3-12(4-6-13)10-19-23(21,22)14-7-8-16(18)15(17)9-14/h3-9,19H,10-11H2,1-2H3. The topological polar surface area (TPSA) is 49.4 Å². The maximum absolute atomic E-state index is 13.1. The molecule has 0 aliphatic carbocycles. The van der Waals surface area contributed by atoms with Crippen molar-refractivity contribution < 1.29 is 12.8 Å². The molecule has 0 saturated carbocycles. The third-order valence-corrected chi connectivity index (χ3v) is 4.88. The number of sulfonamides is 1. The monoisotopic (exact) mass is 356 g/mol. The van der Waals surface area contributed by atoms with Gasteiger partial charge in [-0.15, -0.1) is 0 Å². The molecule has 23 heavy (non-hydrogen) atoms. The van der Waals surface area contributed by atoms with Crippen molar-refractivity contribution in [3.05, 3.63) is 64.4 Å². The zero-order valence-electron chi connectivity index (χ0n) is 12.9. The predicted molar refractivity (Wildman–Crippen MR) is 89.3 cm³/mol. The molecular formula is C16H18ClFN2O2S. The summed E-state index contributed by atoms with van der Waals surface area (Å²) in [5.74, 6) is -0.651. The lowest BCUT2D eigenvalue weighted by molar-refractivity contribution is 0.402. The summed E-state index contributed by atoms with van der Waals surface area (Å²) in [5.41, 5.74) is 1.98. The lowest BCUT2D eigenvalue weighted by Gasteiger charge is -2.11. The van der Waals surface area contributed by atoms with Gasteiger partial charge < -0.3 is 4.90 Å². The van der Waals surface area contributed by atoms with Crippen LogP contribution in [0, 0.1) is 5.82 Å². The van der Waals surface area contributed by atoms with Gasteiger partial charge in [0.1, 0.15) is 5.82 Å². The van der Waals surface area contributed by atoms with Crippen LogP contribution in [0.15, 0.2) is 47.4 Å². The Morgan fingerprint density at radius 3 is 2.26 bits per heavy atom. The third kappa shape index (κ3) is 5.00. The van der Waals surface area contributed by atoms with Crippen LogP contribution >= 0.6 is 11.6 Å². The Morgan fingerprint density at radius 1 is 1.09 bits per heavy atom. The van der Waals surface area contributed by atoms with E-state index in [1.54, 1.807) is 0 Å². The van der Waals surface area contributed by atoms with E-state index in [1.165, 1.54) is 6.07 Å². The van der Waals surface area contributed by atoms with E-state index < -0.39 is 15.8 Å². The fraction of sp³-hybridized carbons (Fsp3) is 0.250. The fourth-order valence-corrected chi connectivity index (χ4v) is 3.32. The van der Waals surface area contributed by atoms with Crippen molar-refractivity contribution in [1.82, 2.24) is 9.62 Å². The Kier molecular flexibility index (Phi) is 5.75. The van der Waals surface area contributed by atoms with Crippen molar-refractivity contribution >= 4 is 21.6 Å². The molecule has 0 fully saturated rings. The van der Waals surface area contributed by atoms with Gasteiger partial charge in [0, 0.05) is 13.1 Å². The van der Waals surface area contributed by atoms with Crippen LogP contribution in [0.4, 0.5) is 4.39 Å². The van der Waals surface area contributed by atoms with Crippen molar-refractivity contribution in [3.8, 4) is 0 Å². The molecular weight excluding hydrogens is 339 g/mol. The highest BCUT2D eigenvalue weighted by atomic mass is 35.5. The van der Waals surface area contributed by atoms with Crippen molar-refractivity contribution in [2.45, 2.75) is 18.0 Å². The minimum atomic E-state index is -3.74. The number of hydrogen-bond donors (Lipinski definition) is 1. The molecule has 2 aromatic carbocycles. The molecule has 0 spiro atoms. The Morgan fingerprint density at radius 2 is 1.70 bits per heavy atom. The van der Waals surface area contributed by atoms with E-state index in [4.69, 9.17) is 11.6 Å². The van der Waals surface area contributed by atoms with Gasteiger partial charge in [-0.3, -0.25) is 0 Å². The highest BCUT2D eigenvalue weighted by molar-refractivity contribution is 7.89. The molecule has 0 aliphatic rings. The molecule has 0 amide bonds. The molecule has 0 atom stereocenters. The van der Waals surface area contributed by atoms with E-state index in [0.717, 1.165) is 29.8 Å². The van der Waals surface area contributed by atoms with Gasteiger partial charge in [-0.05, 0) is 43.4 Å². The van der Waals surface area contributed by atoms with E-state index in [1.807, 2.05) is 38.4 Å². The maximum atomic E-state index is 13.1. The smallest absolute Gasteiger partial charge is 0.240 e. The third-order valence-electron chi connectivity index (χ3n) is 3.19. The highest BCUT2D eigenvalue weighted by Crippen LogP contribution is 2.19. The van der Waals surface area contributed by atoms with E-state index in [9.17, 15) is 12.8 Å². The Bertz CT molecular complexity index is 777. The van der Waals surface area contributed by atoms with Gasteiger partial charge >= 0.3 is 0 Å². The van der Waals surface area contributed by atoms with Gasteiger partial charge in [0.25, 0.3) is 0 Å². The first-order valence-corrected chi connectivity index (χ1v) is 8.81. The minimum Gasteiger partial charge on any atom is -0.305 e. The van der Waals surface area contributed by atoms with Gasteiger partial charge in [-0.25, -0.2) is 17.5 Å². The minimum absolute atomic E-state index is 0.0619. The lowest BCUT2D eigenvalue weighted by atomic mass is 10.1. The summed E-state index contributed by atoms with van der Waals surface area (Å²) in [6.45, 7) is 0.972. The SMILES string of the molecule is CN(C)Cc1ccc(CNS(=O)(=O)c2ccc(F)c(Cl)c2)cc1. The molecule has 0 aromatic heterocycles. The number of rotatable bonds is 6. The highest BCUT2D eigenvalue weighted by Gasteiger charge is 2.15. The number of hydrogen-bond acceptors (Lipinski definition) is 3. The molecule has 0 radical (unpaired) electrons. The molecule has 0 bridgehead atoms. The van der Waals surface area contributed by atoms with Crippen LogP contribution in [0.3, 0.4) is 0 Å². The second kappa shape index (κ2) is 7.40. The van der Waals surface area contributed by atoms with Crippen molar-refractivity contribution in [1.29, 1.82) is 0 Å². The van der Waals surface area contributed by atoms with Crippen LogP contribution in [-0.2, 0) is 23.1 Å². The average molecular weight is 357 g/mol. The van der Waals surface area contributed by atoms with Gasteiger partial charge in [0.05, 0.1) is 9.92 Å². The molecule has 2 aromatic rings. The van der Waals surface area contributed by atoms with Crippen LogP contribution in [0.1, 0.15) is 11.1 Å². The number of benzene rings is 2. The summed E-state index contributed by atoms with van der Waals surface area (Å²) < 4.78 is 40.0. The largest absolute Gasteiger partial charge is 0.305 e. The van der Waals surface area contributed by atoms with Crippen LogP contribution in [0.2, 0.25) is 5.02 Å². The van der Waals surface area contributed by atoms with Gasteiger partial charge in [0.2, 0.25) is 10.0 Å². The first kappa shape index (κ1) is 17.9. The molecule has 7 heteroatoms. The number of halogens is 2. The Labute approximate surface area is 140 Å². The van der Waals surface area contributed by atoms with Crippen LogP contribution in [0.25, 0.3) is 0 Å². The zero-order chi connectivity index (χ0) is 17.0. The van der Waals surface area contributed by atoms with Crippen LogP contribution in [-0.4, -0.2) is 27.4 Å². The Balaban J connectivity index is 2.05. The quantitative estimate of drug-likeness (QED) is 0.865. The first-order valence-electron chi connectivity index (χ1n) is 6.95. The summed E-state index contributed by atoms with van der Waals surface area (Å²) >= 11 is 5.62. The Hall–Kier alpha value is -1.47. The summed E-state index contributed by atoms with van der Waals surface area (Å²) in [7, 11) is 0.228. The number of nitrogens with zero attached hydrogens (tertiary/aromatic N) is 1. The maximum Gasteiger partial charge on any atom is 0.240 e. The van der Waals surface area contributed by atoms with E-state index in [2.05, 4.69) is 9.62 Å². The molecule has 0 saturated heterocycles. The molecule has 0 unspecified atom stereocenters. The summed E-state index contributed by atoms with van der Waals surface area (Å²) in [6.07, 6.45) is 0. The van der Waals surface area contributed by atoms with Gasteiger partial charge in [0.15, 0.2) is 0 Å². The van der Waals surface area contributed by atoms with Gasteiger partial charge in [-0.2, -0.15) is 0 Å². The second-order valence-corrected chi connectivity index (χ2v) is 7.63. The summed E-state index contributed by atoms with van der Waals surface area (Å²) in [5, 5.41) is -0.221. The predicted octanol–water partition coefficient (Wildman–Crippen LogP) is 3.02. The summed E-state index contributed by atoms with van der Waals surface area (Å²) in [4.78, 5) is 1.99. The van der Waals surface area contributed by atoms with Crippen molar-refractivity contribution in [3.63, 3.8) is 0 Å². The fourth-order valence-electron chi connectivity index (χ4n) is 2.03. The van der Waals surface area contributed by atoms with Crippen LogP contribution in [0.5, 0.6) is 0 Å².